The lowest BCUT2D eigenvalue weighted by molar-refractivity contribution is -0.160. The maximum Gasteiger partial charge on any atom is 0.472 e. The zero-order valence-electron chi connectivity index (χ0n) is 34.2. The van der Waals surface area contributed by atoms with Gasteiger partial charge in [-0.1, -0.05) is 148 Å². The first-order valence-corrected chi connectivity index (χ1v) is 21.6. The van der Waals surface area contributed by atoms with Crippen molar-refractivity contribution >= 4 is 19.8 Å². The minimum absolute atomic E-state index is 0.0155. The van der Waals surface area contributed by atoms with Crippen molar-refractivity contribution in [1.82, 2.24) is 0 Å². The van der Waals surface area contributed by atoms with Crippen LogP contribution in [-0.2, 0) is 32.7 Å². The fourth-order valence-electron chi connectivity index (χ4n) is 4.32. The molecule has 0 fully saturated rings. The molecule has 0 aliphatic heterocycles. The smallest absolute Gasteiger partial charge is 0.461 e. The standard InChI is InChI=1S/C46H69O10P/c1-3-5-7-9-11-13-15-17-19-20-21-22-24-26-28-30-32-34-36-38-46(50)56-44(42-55-57(51,52)54-40-43(48)39-47)41-53-45(49)37-35-33-31-29-27-25-23-18-16-14-12-10-8-6-4-2/h5-8,11-14,17-19,21-23,26-29,32-35,43-44,47-48H,3-4,9-10,15-16,20,24-25,30-31,36-42H2,1-2H3,(H,51,52)/b7-5-,8-6-,13-11-,14-12-,19-17-,22-21-,23-18-,28-26-,29-27-,34-32-,35-33-. The van der Waals surface area contributed by atoms with E-state index in [9.17, 15) is 24.2 Å². The highest BCUT2D eigenvalue weighted by Gasteiger charge is 2.27. The Balaban J connectivity index is 4.63. The van der Waals surface area contributed by atoms with E-state index < -0.39 is 58.4 Å². The molecule has 0 radical (unpaired) electrons. The summed E-state index contributed by atoms with van der Waals surface area (Å²) in [7, 11) is -4.67. The Morgan fingerprint density at radius 3 is 1.30 bits per heavy atom. The average molecular weight is 813 g/mol. The fourth-order valence-corrected chi connectivity index (χ4v) is 5.11. The van der Waals surface area contributed by atoms with Crippen LogP contribution in [0.1, 0.15) is 104 Å². The van der Waals surface area contributed by atoms with Crippen LogP contribution in [0.15, 0.2) is 134 Å². The Hall–Kier alpha value is -3.89. The van der Waals surface area contributed by atoms with E-state index in [2.05, 4.69) is 110 Å². The van der Waals surface area contributed by atoms with E-state index in [1.165, 1.54) is 0 Å². The minimum atomic E-state index is -4.67. The average Bonchev–Trinajstić information content (AvgIpc) is 3.20. The third-order valence-corrected chi connectivity index (χ3v) is 8.30. The zero-order chi connectivity index (χ0) is 41.9. The predicted octanol–water partition coefficient (Wildman–Crippen LogP) is 10.5. The molecule has 318 valence electrons. The van der Waals surface area contributed by atoms with Crippen molar-refractivity contribution in [3.05, 3.63) is 134 Å². The molecule has 0 rings (SSSR count). The Labute approximate surface area is 342 Å². The SMILES string of the molecule is CC/C=C\C/C=C\C/C=C\C/C=C\C/C=C\C/C=C\CCC(=O)OC(COC(=O)C/C=C\C/C=C\C/C=C\C/C=C\C/C=C\CC)COP(=O)(O)OCC(O)CO. The highest BCUT2D eigenvalue weighted by molar-refractivity contribution is 7.47. The van der Waals surface area contributed by atoms with Crippen LogP contribution in [0.2, 0.25) is 0 Å². The van der Waals surface area contributed by atoms with Crippen molar-refractivity contribution in [2.45, 2.75) is 116 Å². The number of aliphatic hydroxyl groups is 2. The number of carbonyl (C=O) groups excluding carboxylic acids is 2. The van der Waals surface area contributed by atoms with Crippen LogP contribution in [0.3, 0.4) is 0 Å². The monoisotopic (exact) mass is 812 g/mol. The van der Waals surface area contributed by atoms with Crippen LogP contribution in [-0.4, -0.2) is 65.7 Å². The summed E-state index contributed by atoms with van der Waals surface area (Å²) in [5, 5.41) is 18.3. The topological polar surface area (TPSA) is 149 Å². The van der Waals surface area contributed by atoms with Gasteiger partial charge >= 0.3 is 19.8 Å². The second-order valence-corrected chi connectivity index (χ2v) is 14.0. The maximum atomic E-state index is 12.6. The van der Waals surface area contributed by atoms with Crippen LogP contribution < -0.4 is 0 Å². The number of ether oxygens (including phenoxy) is 2. The van der Waals surface area contributed by atoms with Crippen LogP contribution in [0.4, 0.5) is 0 Å². The molecule has 0 aliphatic carbocycles. The Morgan fingerprint density at radius 1 is 0.526 bits per heavy atom. The molecular formula is C46H69O10P. The summed E-state index contributed by atoms with van der Waals surface area (Å²) in [5.74, 6) is -1.19. The number of hydrogen-bond donors (Lipinski definition) is 3. The van der Waals surface area contributed by atoms with E-state index in [4.69, 9.17) is 19.1 Å². The number of esters is 2. The van der Waals surface area contributed by atoms with E-state index in [1.807, 2.05) is 36.5 Å². The molecule has 0 bridgehead atoms. The van der Waals surface area contributed by atoms with Gasteiger partial charge in [0.05, 0.1) is 26.2 Å². The first kappa shape index (κ1) is 53.1. The van der Waals surface area contributed by atoms with Crippen molar-refractivity contribution in [3.8, 4) is 0 Å². The first-order chi connectivity index (χ1) is 27.7. The number of phosphoric ester groups is 1. The number of hydrogen-bond acceptors (Lipinski definition) is 9. The van der Waals surface area contributed by atoms with Gasteiger partial charge in [-0.15, -0.1) is 0 Å². The molecule has 0 aliphatic rings. The van der Waals surface area contributed by atoms with Crippen molar-refractivity contribution in [2.75, 3.05) is 26.4 Å². The van der Waals surface area contributed by atoms with Crippen LogP contribution in [0, 0.1) is 0 Å². The van der Waals surface area contributed by atoms with E-state index in [0.717, 1.165) is 57.8 Å². The number of rotatable bonds is 35. The second kappa shape index (κ2) is 40.3. The molecule has 0 saturated carbocycles. The summed E-state index contributed by atoms with van der Waals surface area (Å²) < 4.78 is 32.4. The van der Waals surface area contributed by atoms with Crippen molar-refractivity contribution < 1.29 is 47.8 Å². The number of phosphoric acid groups is 1. The molecule has 0 aromatic carbocycles. The Morgan fingerprint density at radius 2 is 0.895 bits per heavy atom. The Kier molecular flexibility index (Phi) is 37.6. The van der Waals surface area contributed by atoms with Crippen LogP contribution >= 0.6 is 7.82 Å². The minimum Gasteiger partial charge on any atom is -0.461 e. The van der Waals surface area contributed by atoms with Gasteiger partial charge in [-0.2, -0.15) is 0 Å². The van der Waals surface area contributed by atoms with E-state index in [-0.39, 0.29) is 12.8 Å². The highest BCUT2D eigenvalue weighted by Crippen LogP contribution is 2.43. The molecule has 10 nitrogen and oxygen atoms in total. The molecule has 0 aromatic rings. The van der Waals surface area contributed by atoms with Gasteiger partial charge in [-0.25, -0.2) is 4.57 Å². The molecule has 3 unspecified atom stereocenters. The molecule has 3 N–H and O–H groups in total. The van der Waals surface area contributed by atoms with Crippen LogP contribution in [0.5, 0.6) is 0 Å². The lowest BCUT2D eigenvalue weighted by Gasteiger charge is -2.20. The molecule has 0 saturated heterocycles. The molecule has 0 spiro atoms. The predicted molar refractivity (Wildman–Crippen MR) is 232 cm³/mol. The summed E-state index contributed by atoms with van der Waals surface area (Å²) in [5.41, 5.74) is 0. The normalized spacial score (nSPS) is 15.2. The molecule has 0 amide bonds. The maximum absolute atomic E-state index is 12.6. The van der Waals surface area contributed by atoms with Crippen molar-refractivity contribution in [2.24, 2.45) is 0 Å². The highest BCUT2D eigenvalue weighted by atomic mass is 31.2. The van der Waals surface area contributed by atoms with Crippen LogP contribution in [0.25, 0.3) is 0 Å². The molecular weight excluding hydrogens is 743 g/mol. The number of carbonyl (C=O) groups is 2. The summed E-state index contributed by atoms with van der Waals surface area (Å²) in [6.07, 6.45) is 53.2. The van der Waals surface area contributed by atoms with Gasteiger partial charge < -0.3 is 24.6 Å². The largest absolute Gasteiger partial charge is 0.472 e. The number of aliphatic hydroxyl groups excluding tert-OH is 2. The molecule has 0 heterocycles. The Bertz CT molecular complexity index is 1400. The number of allylic oxidation sites excluding steroid dienone is 21. The van der Waals surface area contributed by atoms with Gasteiger partial charge in [0.2, 0.25) is 0 Å². The van der Waals surface area contributed by atoms with Gasteiger partial charge in [0.15, 0.2) is 6.10 Å². The summed E-state index contributed by atoms with van der Waals surface area (Å²) in [6.45, 7) is 1.90. The molecule has 57 heavy (non-hydrogen) atoms. The quantitative estimate of drug-likeness (QED) is 0.0321. The van der Waals surface area contributed by atoms with Crippen molar-refractivity contribution in [1.29, 1.82) is 0 Å². The molecule has 3 atom stereocenters. The molecule has 0 aromatic heterocycles. The lowest BCUT2D eigenvalue weighted by Crippen LogP contribution is -2.29. The van der Waals surface area contributed by atoms with E-state index >= 15 is 0 Å². The van der Waals surface area contributed by atoms with Gasteiger partial charge in [0.25, 0.3) is 0 Å². The fraction of sp³-hybridized carbons (Fsp3) is 0.478. The third-order valence-electron chi connectivity index (χ3n) is 7.35. The summed E-state index contributed by atoms with van der Waals surface area (Å²) in [4.78, 5) is 34.8. The summed E-state index contributed by atoms with van der Waals surface area (Å²) >= 11 is 0. The third kappa shape index (κ3) is 40.1. The van der Waals surface area contributed by atoms with Gasteiger partial charge in [-0.05, 0) is 77.0 Å². The van der Waals surface area contributed by atoms with Gasteiger partial charge in [-0.3, -0.25) is 18.6 Å². The second-order valence-electron chi connectivity index (χ2n) is 12.6. The van der Waals surface area contributed by atoms with Gasteiger partial charge in [0.1, 0.15) is 12.7 Å². The molecule has 11 heteroatoms. The van der Waals surface area contributed by atoms with E-state index in [0.29, 0.717) is 19.3 Å². The summed E-state index contributed by atoms with van der Waals surface area (Å²) in [6, 6.07) is 0. The van der Waals surface area contributed by atoms with Gasteiger partial charge in [0, 0.05) is 6.42 Å². The van der Waals surface area contributed by atoms with Crippen molar-refractivity contribution in [3.63, 3.8) is 0 Å². The lowest BCUT2D eigenvalue weighted by atomic mass is 10.2. The zero-order valence-corrected chi connectivity index (χ0v) is 35.1. The first-order valence-electron chi connectivity index (χ1n) is 20.1. The van der Waals surface area contributed by atoms with E-state index in [1.54, 1.807) is 6.08 Å².